The van der Waals surface area contributed by atoms with Crippen LogP contribution in [0.4, 0.5) is 13.2 Å². The predicted molar refractivity (Wildman–Crippen MR) is 103 cm³/mol. The van der Waals surface area contributed by atoms with E-state index in [9.17, 15) is 26.4 Å². The first-order valence-electron chi connectivity index (χ1n) is 8.39. The van der Waals surface area contributed by atoms with Gasteiger partial charge in [0.2, 0.25) is 15.9 Å². The molecule has 0 heterocycles. The van der Waals surface area contributed by atoms with Crippen molar-refractivity contribution in [3.63, 3.8) is 0 Å². The number of benzene rings is 2. The van der Waals surface area contributed by atoms with Crippen molar-refractivity contribution in [3.8, 4) is 0 Å². The molecule has 2 aromatic rings. The number of hydrogen-bond donors (Lipinski definition) is 3. The van der Waals surface area contributed by atoms with Crippen molar-refractivity contribution < 1.29 is 31.6 Å². The Bertz CT molecular complexity index is 920. The van der Waals surface area contributed by atoms with E-state index in [2.05, 4.69) is 12.6 Å². The molecule has 1 unspecified atom stereocenters. The Labute approximate surface area is 171 Å². The normalized spacial score (nSPS) is 13.3. The third-order valence-corrected chi connectivity index (χ3v) is 6.61. The summed E-state index contributed by atoms with van der Waals surface area (Å²) in [5, 5.41) is 7.76. The lowest BCUT2D eigenvalue weighted by Gasteiger charge is -2.27. The Morgan fingerprint density at radius 3 is 2.21 bits per heavy atom. The van der Waals surface area contributed by atoms with Gasteiger partial charge < -0.3 is 0 Å². The first-order valence-corrected chi connectivity index (χ1v) is 10.4. The number of halogens is 3. The van der Waals surface area contributed by atoms with E-state index in [1.165, 1.54) is 5.48 Å². The minimum absolute atomic E-state index is 0.199. The number of sulfonamides is 1. The first-order chi connectivity index (χ1) is 13.6. The fourth-order valence-electron chi connectivity index (χ4n) is 2.58. The zero-order valence-corrected chi connectivity index (χ0v) is 16.7. The van der Waals surface area contributed by atoms with Gasteiger partial charge >= 0.3 is 6.18 Å². The van der Waals surface area contributed by atoms with Gasteiger partial charge in [0.15, 0.2) is 0 Å². The van der Waals surface area contributed by atoms with Crippen LogP contribution in [0.15, 0.2) is 59.5 Å². The molecule has 0 aliphatic rings. The maximum atomic E-state index is 13.0. The lowest BCUT2D eigenvalue weighted by atomic mass is 10.1. The van der Waals surface area contributed by atoms with Crippen molar-refractivity contribution in [2.45, 2.75) is 29.3 Å². The second-order valence-corrected chi connectivity index (χ2v) is 8.58. The Morgan fingerprint density at radius 2 is 1.69 bits per heavy atom. The maximum absolute atomic E-state index is 13.0. The van der Waals surface area contributed by atoms with Crippen molar-refractivity contribution in [1.82, 2.24) is 9.79 Å². The molecule has 0 radical (unpaired) electrons. The van der Waals surface area contributed by atoms with Gasteiger partial charge in [0.25, 0.3) is 0 Å². The van der Waals surface area contributed by atoms with Crippen LogP contribution in [0, 0.1) is 0 Å². The van der Waals surface area contributed by atoms with Crippen LogP contribution in [0.3, 0.4) is 0 Å². The highest BCUT2D eigenvalue weighted by Crippen LogP contribution is 2.31. The molecule has 0 saturated heterocycles. The molecule has 2 aromatic carbocycles. The summed E-state index contributed by atoms with van der Waals surface area (Å²) in [7, 11) is -4.26. The van der Waals surface area contributed by atoms with Gasteiger partial charge in [0.1, 0.15) is 0 Å². The van der Waals surface area contributed by atoms with Crippen LogP contribution < -0.4 is 5.48 Å². The number of rotatable bonds is 8. The Kier molecular flexibility index (Phi) is 7.69. The molecular formula is C18H19F3N2O4S2. The number of alkyl halides is 3. The average molecular weight is 448 g/mol. The topological polar surface area (TPSA) is 86.7 Å². The van der Waals surface area contributed by atoms with Crippen LogP contribution in [0.5, 0.6) is 0 Å². The monoisotopic (exact) mass is 448 g/mol. The molecule has 0 bridgehead atoms. The van der Waals surface area contributed by atoms with Crippen molar-refractivity contribution in [1.29, 1.82) is 0 Å². The molecule has 158 valence electrons. The molecule has 6 nitrogen and oxygen atoms in total. The number of amides is 1. The van der Waals surface area contributed by atoms with Gasteiger partial charge in [-0.05, 0) is 36.2 Å². The highest BCUT2D eigenvalue weighted by molar-refractivity contribution is 7.90. The van der Waals surface area contributed by atoms with Gasteiger partial charge in [-0.2, -0.15) is 30.1 Å². The lowest BCUT2D eigenvalue weighted by molar-refractivity contribution is -0.137. The number of thiol groups is 1. The SMILES string of the molecule is O=C(CCN(C(S)Cc1ccccc1)S(=O)(=O)c1ccc(C(F)(F)F)cc1)NO. The molecule has 0 aliphatic carbocycles. The van der Waals surface area contributed by atoms with Gasteiger partial charge in [0.05, 0.1) is 15.8 Å². The molecule has 0 aliphatic heterocycles. The van der Waals surface area contributed by atoms with Crippen LogP contribution in [-0.2, 0) is 27.4 Å². The summed E-state index contributed by atoms with van der Waals surface area (Å²) in [5.41, 5.74) is 1.22. The minimum atomic E-state index is -4.60. The molecule has 0 aromatic heterocycles. The first kappa shape index (κ1) is 23.2. The predicted octanol–water partition coefficient (Wildman–Crippen LogP) is 3.09. The van der Waals surface area contributed by atoms with Crippen LogP contribution in [0.2, 0.25) is 0 Å². The van der Waals surface area contributed by atoms with Crippen LogP contribution >= 0.6 is 12.6 Å². The summed E-state index contributed by atoms with van der Waals surface area (Å²) < 4.78 is 65.2. The summed E-state index contributed by atoms with van der Waals surface area (Å²) in [6.07, 6.45) is -4.76. The molecule has 0 spiro atoms. The summed E-state index contributed by atoms with van der Waals surface area (Å²) in [6, 6.07) is 11.9. The summed E-state index contributed by atoms with van der Waals surface area (Å²) in [6.45, 7) is -0.323. The van der Waals surface area contributed by atoms with Crippen molar-refractivity contribution >= 4 is 28.6 Å². The van der Waals surface area contributed by atoms with E-state index in [-0.39, 0.29) is 24.3 Å². The molecule has 29 heavy (non-hydrogen) atoms. The van der Waals surface area contributed by atoms with Gasteiger partial charge in [-0.3, -0.25) is 10.0 Å². The molecule has 1 atom stereocenters. The van der Waals surface area contributed by atoms with Gasteiger partial charge in [-0.25, -0.2) is 13.9 Å². The molecule has 11 heteroatoms. The highest BCUT2D eigenvalue weighted by Gasteiger charge is 2.33. The number of carbonyl (C=O) groups is 1. The number of hydroxylamine groups is 1. The number of hydrogen-bond acceptors (Lipinski definition) is 5. The number of carbonyl (C=O) groups excluding carboxylic acids is 1. The zero-order valence-electron chi connectivity index (χ0n) is 15.0. The Balaban J connectivity index is 2.33. The summed E-state index contributed by atoms with van der Waals surface area (Å²) >= 11 is 4.35. The van der Waals surface area contributed by atoms with E-state index in [1.807, 2.05) is 0 Å². The second-order valence-electron chi connectivity index (χ2n) is 6.09. The zero-order chi connectivity index (χ0) is 21.7. The van der Waals surface area contributed by atoms with Crippen LogP contribution in [0.1, 0.15) is 17.5 Å². The number of nitrogens with one attached hydrogen (secondary N) is 1. The molecule has 0 saturated carbocycles. The van der Waals surface area contributed by atoms with Crippen LogP contribution in [-0.4, -0.2) is 35.8 Å². The number of nitrogens with zero attached hydrogens (tertiary/aromatic N) is 1. The fraction of sp³-hybridized carbons (Fsp3) is 0.278. The van der Waals surface area contributed by atoms with Crippen molar-refractivity contribution in [3.05, 3.63) is 65.7 Å². The van der Waals surface area contributed by atoms with Gasteiger partial charge in [-0.15, -0.1) is 0 Å². The Morgan fingerprint density at radius 1 is 1.10 bits per heavy atom. The van der Waals surface area contributed by atoms with E-state index in [0.29, 0.717) is 12.1 Å². The minimum Gasteiger partial charge on any atom is -0.289 e. The third kappa shape index (κ3) is 6.20. The average Bonchev–Trinajstić information content (AvgIpc) is 2.68. The van der Waals surface area contributed by atoms with Crippen LogP contribution in [0.25, 0.3) is 0 Å². The largest absolute Gasteiger partial charge is 0.416 e. The molecule has 2 rings (SSSR count). The summed E-state index contributed by atoms with van der Waals surface area (Å²) in [5.74, 6) is -0.808. The van der Waals surface area contributed by atoms with E-state index >= 15 is 0 Å². The molecule has 2 N–H and O–H groups in total. The fourth-order valence-corrected chi connectivity index (χ4v) is 4.75. The standard InChI is InChI=1S/C18H19F3N2O4S2/c19-18(20,21)14-6-8-15(9-7-14)29(26,27)23(11-10-16(24)22-25)17(28)12-13-4-2-1-3-5-13/h1-9,17,25,28H,10-12H2,(H,22,24). The van der Waals surface area contributed by atoms with E-state index < -0.39 is 33.0 Å². The van der Waals surface area contributed by atoms with Gasteiger partial charge in [-0.1, -0.05) is 30.3 Å². The lowest BCUT2D eigenvalue weighted by Crippen LogP contribution is -2.40. The van der Waals surface area contributed by atoms with E-state index in [1.54, 1.807) is 30.3 Å². The molecule has 1 amide bonds. The molecule has 0 fully saturated rings. The van der Waals surface area contributed by atoms with E-state index in [4.69, 9.17) is 5.21 Å². The van der Waals surface area contributed by atoms with Gasteiger partial charge in [0, 0.05) is 13.0 Å². The maximum Gasteiger partial charge on any atom is 0.416 e. The summed E-state index contributed by atoms with van der Waals surface area (Å²) in [4.78, 5) is 11.0. The smallest absolute Gasteiger partial charge is 0.289 e. The molecular weight excluding hydrogens is 429 g/mol. The highest BCUT2D eigenvalue weighted by atomic mass is 32.2. The van der Waals surface area contributed by atoms with Crippen molar-refractivity contribution in [2.75, 3.05) is 6.54 Å². The van der Waals surface area contributed by atoms with E-state index in [0.717, 1.165) is 22.0 Å². The Hall–Kier alpha value is -2.08. The van der Waals surface area contributed by atoms with Crippen molar-refractivity contribution in [2.24, 2.45) is 0 Å². The third-order valence-electron chi connectivity index (χ3n) is 4.07. The quantitative estimate of drug-likeness (QED) is 0.251. The second kappa shape index (κ2) is 9.61.